The molecule has 3 aliphatic rings. The Morgan fingerprint density at radius 2 is 1.49 bits per heavy atom. The van der Waals surface area contributed by atoms with Gasteiger partial charge in [0.1, 0.15) is 11.2 Å². The summed E-state index contributed by atoms with van der Waals surface area (Å²) in [4.78, 5) is 2.64. The standard InChI is InChI=1S/C45H37NO/c1-45(28-12-3-13-29-45)46(40-26-11-10-21-34(40)32-16-4-2-5-17-32)41-30-39-43-37(35-24-14-19-31-18-6-7-20-33(31)35)25-15-27-42(43)47-44(39)38-23-9-8-22-36(38)41/h3-4,6-7,9-21,23-28,30H,2,5,8,22,29H2,1H3. The fraction of sp³-hybridized carbons (Fsp3) is 0.156. The summed E-state index contributed by atoms with van der Waals surface area (Å²) in [5, 5.41) is 4.85. The molecular weight excluding hydrogens is 571 g/mol. The maximum absolute atomic E-state index is 6.84. The molecular formula is C45H37NO. The molecule has 2 nitrogen and oxygen atoms in total. The number of benzene rings is 5. The van der Waals surface area contributed by atoms with Gasteiger partial charge in [-0.05, 0) is 90.3 Å². The average Bonchev–Trinajstić information content (AvgIpc) is 3.51. The van der Waals surface area contributed by atoms with Gasteiger partial charge in [-0.1, -0.05) is 127 Å². The third kappa shape index (κ3) is 4.54. The van der Waals surface area contributed by atoms with E-state index in [1.54, 1.807) is 0 Å². The van der Waals surface area contributed by atoms with Crippen molar-refractivity contribution in [1.29, 1.82) is 0 Å². The van der Waals surface area contributed by atoms with Gasteiger partial charge in [0.15, 0.2) is 0 Å². The Bertz CT molecular complexity index is 2350. The molecule has 0 amide bonds. The van der Waals surface area contributed by atoms with Crippen molar-refractivity contribution in [2.24, 2.45) is 0 Å². The average molecular weight is 608 g/mol. The topological polar surface area (TPSA) is 16.4 Å². The Hall–Kier alpha value is -5.34. The molecule has 9 rings (SSSR count). The minimum absolute atomic E-state index is 0.260. The molecule has 5 aromatic carbocycles. The molecule has 1 aromatic heterocycles. The monoisotopic (exact) mass is 607 g/mol. The molecule has 1 heterocycles. The first-order valence-electron chi connectivity index (χ1n) is 17.0. The van der Waals surface area contributed by atoms with Crippen LogP contribution in [0.5, 0.6) is 0 Å². The van der Waals surface area contributed by atoms with Gasteiger partial charge in [-0.25, -0.2) is 0 Å². The summed E-state index contributed by atoms with van der Waals surface area (Å²) in [6, 6.07) is 33.3. The molecule has 0 saturated carbocycles. The van der Waals surface area contributed by atoms with Crippen molar-refractivity contribution in [2.75, 3.05) is 4.90 Å². The number of hydrogen-bond acceptors (Lipinski definition) is 2. The maximum Gasteiger partial charge on any atom is 0.143 e. The highest BCUT2D eigenvalue weighted by atomic mass is 16.3. The predicted molar refractivity (Wildman–Crippen MR) is 200 cm³/mol. The van der Waals surface area contributed by atoms with Gasteiger partial charge in [0.25, 0.3) is 0 Å². The number of anilines is 2. The molecule has 3 aliphatic carbocycles. The number of nitrogens with zero attached hydrogens (tertiary/aromatic N) is 1. The van der Waals surface area contributed by atoms with Crippen molar-refractivity contribution in [3.05, 3.63) is 156 Å². The van der Waals surface area contributed by atoms with E-state index >= 15 is 0 Å². The summed E-state index contributed by atoms with van der Waals surface area (Å²) < 4.78 is 6.84. The van der Waals surface area contributed by atoms with Crippen LogP contribution in [0.1, 0.15) is 49.3 Å². The number of furan rings is 1. The lowest BCUT2D eigenvalue weighted by molar-refractivity contribution is 0.568. The summed E-state index contributed by atoms with van der Waals surface area (Å²) in [6.45, 7) is 2.39. The molecule has 2 heteroatoms. The van der Waals surface area contributed by atoms with Crippen LogP contribution in [0.3, 0.4) is 0 Å². The minimum Gasteiger partial charge on any atom is -0.455 e. The van der Waals surface area contributed by atoms with E-state index < -0.39 is 0 Å². The SMILES string of the molecule is CC1(N(c2ccccc2C2=CCCC=C2)c2cc3c(oc4cccc(-c5cccc6ccccc56)c43)c3c2CCC=C3)C=CC=CC1. The number of rotatable bonds is 5. The summed E-state index contributed by atoms with van der Waals surface area (Å²) in [5.41, 5.74) is 11.8. The summed E-state index contributed by atoms with van der Waals surface area (Å²) in [6.07, 6.45) is 25.8. The highest BCUT2D eigenvalue weighted by molar-refractivity contribution is 6.17. The second kappa shape index (κ2) is 11.2. The van der Waals surface area contributed by atoms with E-state index in [0.717, 1.165) is 43.3 Å². The lowest BCUT2D eigenvalue weighted by Gasteiger charge is -2.44. The summed E-state index contributed by atoms with van der Waals surface area (Å²) in [5.74, 6) is 0. The van der Waals surface area contributed by atoms with Crippen molar-refractivity contribution in [3.63, 3.8) is 0 Å². The van der Waals surface area contributed by atoms with Crippen molar-refractivity contribution >= 4 is 55.7 Å². The van der Waals surface area contributed by atoms with Crippen LogP contribution in [-0.4, -0.2) is 5.54 Å². The molecule has 6 aromatic rings. The Morgan fingerprint density at radius 3 is 2.38 bits per heavy atom. The minimum atomic E-state index is -0.260. The van der Waals surface area contributed by atoms with Gasteiger partial charge in [0, 0.05) is 33.3 Å². The van der Waals surface area contributed by atoms with Crippen LogP contribution in [0.2, 0.25) is 0 Å². The van der Waals surface area contributed by atoms with E-state index in [0.29, 0.717) is 0 Å². The molecule has 0 bridgehead atoms. The smallest absolute Gasteiger partial charge is 0.143 e. The number of fused-ring (bicyclic) bond motifs is 6. The molecule has 228 valence electrons. The molecule has 0 fully saturated rings. The van der Waals surface area contributed by atoms with Gasteiger partial charge in [-0.2, -0.15) is 0 Å². The van der Waals surface area contributed by atoms with Crippen LogP contribution in [0.15, 0.2) is 144 Å². The van der Waals surface area contributed by atoms with Gasteiger partial charge in [0.2, 0.25) is 0 Å². The zero-order valence-electron chi connectivity index (χ0n) is 26.7. The Balaban J connectivity index is 1.37. The van der Waals surface area contributed by atoms with Gasteiger partial charge in [-0.3, -0.25) is 0 Å². The zero-order chi connectivity index (χ0) is 31.4. The lowest BCUT2D eigenvalue weighted by atomic mass is 9.85. The van der Waals surface area contributed by atoms with Gasteiger partial charge < -0.3 is 9.32 Å². The molecule has 1 atom stereocenters. The van der Waals surface area contributed by atoms with Crippen LogP contribution in [0, 0.1) is 0 Å². The van der Waals surface area contributed by atoms with E-state index in [2.05, 4.69) is 158 Å². The maximum atomic E-state index is 6.84. The van der Waals surface area contributed by atoms with Crippen LogP contribution in [0.25, 0.3) is 55.5 Å². The number of allylic oxidation sites excluding steroid dienone is 7. The molecule has 0 N–H and O–H groups in total. The van der Waals surface area contributed by atoms with E-state index in [-0.39, 0.29) is 5.54 Å². The predicted octanol–water partition coefficient (Wildman–Crippen LogP) is 12.5. The fourth-order valence-electron chi connectivity index (χ4n) is 8.05. The third-order valence-corrected chi connectivity index (χ3v) is 10.3. The van der Waals surface area contributed by atoms with Gasteiger partial charge >= 0.3 is 0 Å². The van der Waals surface area contributed by atoms with E-state index in [1.807, 2.05) is 0 Å². The summed E-state index contributed by atoms with van der Waals surface area (Å²) in [7, 11) is 0. The largest absolute Gasteiger partial charge is 0.455 e. The van der Waals surface area contributed by atoms with Crippen LogP contribution in [0.4, 0.5) is 11.4 Å². The molecule has 0 spiro atoms. The third-order valence-electron chi connectivity index (χ3n) is 10.3. The molecule has 0 aliphatic heterocycles. The van der Waals surface area contributed by atoms with Crippen molar-refractivity contribution < 1.29 is 4.42 Å². The lowest BCUT2D eigenvalue weighted by Crippen LogP contribution is -2.43. The van der Waals surface area contributed by atoms with E-state index in [4.69, 9.17) is 4.42 Å². The van der Waals surface area contributed by atoms with E-state index in [9.17, 15) is 0 Å². The Morgan fingerprint density at radius 1 is 0.681 bits per heavy atom. The zero-order valence-corrected chi connectivity index (χ0v) is 26.7. The van der Waals surface area contributed by atoms with Crippen molar-refractivity contribution in [3.8, 4) is 11.1 Å². The first-order chi connectivity index (χ1) is 23.2. The first-order valence-corrected chi connectivity index (χ1v) is 17.0. The molecule has 0 radical (unpaired) electrons. The van der Waals surface area contributed by atoms with Gasteiger partial charge in [0.05, 0.1) is 5.54 Å². The van der Waals surface area contributed by atoms with Crippen molar-refractivity contribution in [2.45, 2.75) is 44.6 Å². The normalized spacial score (nSPS) is 18.6. The second-order valence-corrected chi connectivity index (χ2v) is 13.3. The van der Waals surface area contributed by atoms with Crippen LogP contribution < -0.4 is 4.90 Å². The van der Waals surface area contributed by atoms with Crippen LogP contribution >= 0.6 is 0 Å². The van der Waals surface area contributed by atoms with Crippen LogP contribution in [-0.2, 0) is 6.42 Å². The molecule has 47 heavy (non-hydrogen) atoms. The van der Waals surface area contributed by atoms with Gasteiger partial charge in [-0.15, -0.1) is 0 Å². The highest BCUT2D eigenvalue weighted by Crippen LogP contribution is 2.49. The fourth-order valence-corrected chi connectivity index (χ4v) is 8.05. The molecule has 1 unspecified atom stereocenters. The number of para-hydroxylation sites is 1. The second-order valence-electron chi connectivity index (χ2n) is 13.3. The first kappa shape index (κ1) is 27.9. The quantitative estimate of drug-likeness (QED) is 0.194. The Kier molecular flexibility index (Phi) is 6.64. The van der Waals surface area contributed by atoms with Crippen molar-refractivity contribution in [1.82, 2.24) is 0 Å². The highest BCUT2D eigenvalue weighted by Gasteiger charge is 2.35. The van der Waals surface area contributed by atoms with E-state index in [1.165, 1.54) is 66.3 Å². The Labute approximate surface area is 276 Å². The molecule has 0 saturated heterocycles. The summed E-state index contributed by atoms with van der Waals surface area (Å²) >= 11 is 0. The number of hydrogen-bond donors (Lipinski definition) is 0.